The van der Waals surface area contributed by atoms with E-state index in [1.807, 2.05) is 60.4 Å². The largest absolute Gasteiger partial charge is 0.411 e. The van der Waals surface area contributed by atoms with E-state index in [4.69, 9.17) is 28.3 Å². The van der Waals surface area contributed by atoms with Crippen molar-refractivity contribution in [1.82, 2.24) is 19.6 Å². The van der Waals surface area contributed by atoms with E-state index in [0.717, 1.165) is 59.8 Å². The summed E-state index contributed by atoms with van der Waals surface area (Å²) in [5.74, 6) is -0.299. The highest BCUT2D eigenvalue weighted by Gasteiger charge is 2.32. The highest BCUT2D eigenvalue weighted by Crippen LogP contribution is 2.29. The number of unbranched alkanes of at least 4 members (excludes halogenated alkanes) is 2. The Morgan fingerprint density at radius 3 is 2.40 bits per heavy atom. The van der Waals surface area contributed by atoms with Gasteiger partial charge in [-0.15, -0.1) is 0 Å². The molecule has 1 aliphatic heterocycles. The molecule has 2 heterocycles. The Morgan fingerprint density at radius 1 is 0.979 bits per heavy atom. The topological polar surface area (TPSA) is 90.7 Å². The van der Waals surface area contributed by atoms with Gasteiger partial charge in [0.25, 0.3) is 11.8 Å². The number of aromatic nitrogens is 2. The van der Waals surface area contributed by atoms with Gasteiger partial charge < -0.3 is 19.9 Å². The second-order valence-electron chi connectivity index (χ2n) is 12.3. The average molecular weight is 705 g/mol. The standard InChI is InChI=1S/C37H43Cl2N5O3Si/c1-4-6-16-42(17-7-5-2)37(47)34-18-25(3)44(40-34)35-15-13-29(41-48-24-26-12-14-32(38)33(39)19-26)21-31(35)36(46)43-22-28-11-9-8-10-27(28)20-30(43)23-45/h8-15,18-19,21,30,41,45H,4-7,16-17,20,22-24H2,1-3H3/t30-/m0/s1. The zero-order valence-corrected chi connectivity index (χ0v) is 30.3. The van der Waals surface area contributed by atoms with Gasteiger partial charge in [0.1, 0.15) is 0 Å². The van der Waals surface area contributed by atoms with Gasteiger partial charge in [-0.1, -0.05) is 80.2 Å². The molecule has 1 aliphatic rings. The number of carbonyl (C=O) groups is 2. The molecule has 1 aromatic heterocycles. The van der Waals surface area contributed by atoms with Crippen molar-refractivity contribution in [2.45, 2.75) is 71.5 Å². The Kier molecular flexibility index (Phi) is 12.4. The van der Waals surface area contributed by atoms with Crippen LogP contribution in [0.15, 0.2) is 66.7 Å². The summed E-state index contributed by atoms with van der Waals surface area (Å²) in [7, 11) is 0.316. The molecular formula is C37H43Cl2N5O3Si. The van der Waals surface area contributed by atoms with E-state index in [2.05, 4.69) is 24.9 Å². The van der Waals surface area contributed by atoms with Gasteiger partial charge in [0.15, 0.2) is 15.4 Å². The van der Waals surface area contributed by atoms with Gasteiger partial charge in [0, 0.05) is 31.0 Å². The first-order valence-electron chi connectivity index (χ1n) is 16.7. The lowest BCUT2D eigenvalue weighted by molar-refractivity contribution is 0.0544. The summed E-state index contributed by atoms with van der Waals surface area (Å²) >= 11 is 12.3. The lowest BCUT2D eigenvalue weighted by atomic mass is 9.93. The van der Waals surface area contributed by atoms with Crippen LogP contribution in [-0.4, -0.2) is 71.9 Å². The molecule has 1 atom stereocenters. The van der Waals surface area contributed by atoms with E-state index in [9.17, 15) is 14.7 Å². The zero-order valence-electron chi connectivity index (χ0n) is 27.8. The van der Waals surface area contributed by atoms with Crippen molar-refractivity contribution in [1.29, 1.82) is 0 Å². The number of aryl methyl sites for hydroxylation is 1. The van der Waals surface area contributed by atoms with Crippen LogP contribution in [0.2, 0.25) is 10.0 Å². The molecule has 0 spiro atoms. The van der Waals surface area contributed by atoms with Crippen molar-refractivity contribution in [3.63, 3.8) is 0 Å². The summed E-state index contributed by atoms with van der Waals surface area (Å²) < 4.78 is 1.70. The number of fused-ring (bicyclic) bond motifs is 1. The third-order valence-electron chi connectivity index (χ3n) is 8.75. The van der Waals surface area contributed by atoms with Gasteiger partial charge in [-0.25, -0.2) is 4.68 Å². The molecule has 2 N–H and O–H groups in total. The van der Waals surface area contributed by atoms with Crippen LogP contribution in [0.5, 0.6) is 0 Å². The molecule has 252 valence electrons. The van der Waals surface area contributed by atoms with Crippen molar-refractivity contribution in [3.05, 3.63) is 110 Å². The predicted octanol–water partition coefficient (Wildman–Crippen LogP) is 7.32. The fraction of sp³-hybridized carbons (Fsp3) is 0.378. The number of benzene rings is 3. The van der Waals surface area contributed by atoms with Crippen LogP contribution in [-0.2, 0) is 19.0 Å². The number of amides is 2. The van der Waals surface area contributed by atoms with Gasteiger partial charge in [0.05, 0.1) is 33.9 Å². The van der Waals surface area contributed by atoms with Gasteiger partial charge in [0.2, 0.25) is 0 Å². The predicted molar refractivity (Wildman–Crippen MR) is 194 cm³/mol. The Morgan fingerprint density at radius 2 is 1.71 bits per heavy atom. The molecule has 4 aromatic rings. The van der Waals surface area contributed by atoms with Crippen LogP contribution in [0.3, 0.4) is 0 Å². The number of aliphatic hydroxyl groups excluding tert-OH is 1. The van der Waals surface area contributed by atoms with E-state index in [1.165, 1.54) is 0 Å². The summed E-state index contributed by atoms with van der Waals surface area (Å²) in [6, 6.07) is 21.5. The molecule has 11 heteroatoms. The highest BCUT2D eigenvalue weighted by atomic mass is 35.5. The summed E-state index contributed by atoms with van der Waals surface area (Å²) in [5.41, 5.74) is 6.18. The minimum Gasteiger partial charge on any atom is -0.411 e. The Bertz CT molecular complexity index is 1740. The number of nitrogens with zero attached hydrogens (tertiary/aromatic N) is 4. The van der Waals surface area contributed by atoms with Gasteiger partial charge in [-0.05, 0) is 85.3 Å². The Balaban J connectivity index is 1.48. The quantitative estimate of drug-likeness (QED) is 0.134. The Labute approximate surface area is 295 Å². The van der Waals surface area contributed by atoms with E-state index in [-0.39, 0.29) is 24.5 Å². The van der Waals surface area contributed by atoms with E-state index in [0.29, 0.717) is 62.7 Å². The van der Waals surface area contributed by atoms with Gasteiger partial charge >= 0.3 is 0 Å². The summed E-state index contributed by atoms with van der Waals surface area (Å²) in [5, 5.41) is 16.2. The van der Waals surface area contributed by atoms with Crippen molar-refractivity contribution in [2.24, 2.45) is 0 Å². The molecule has 0 aliphatic carbocycles. The van der Waals surface area contributed by atoms with Crippen LogP contribution in [0.25, 0.3) is 5.69 Å². The minimum atomic E-state index is -0.366. The molecular weight excluding hydrogens is 661 g/mol. The zero-order chi connectivity index (χ0) is 34.2. The second kappa shape index (κ2) is 16.7. The van der Waals surface area contributed by atoms with Crippen LogP contribution < -0.4 is 4.98 Å². The monoisotopic (exact) mass is 703 g/mol. The molecule has 48 heavy (non-hydrogen) atoms. The first kappa shape index (κ1) is 35.7. The summed E-state index contributed by atoms with van der Waals surface area (Å²) in [4.78, 5) is 35.3. The number of nitrogens with one attached hydrogen (secondary N) is 1. The molecule has 3 aromatic carbocycles. The minimum absolute atomic E-state index is 0.0959. The molecule has 2 amide bonds. The fourth-order valence-electron chi connectivity index (χ4n) is 6.01. The number of carbonyl (C=O) groups excluding carboxylic acids is 2. The van der Waals surface area contributed by atoms with Crippen LogP contribution in [0.4, 0.5) is 5.69 Å². The number of halogens is 2. The number of hydrogen-bond acceptors (Lipinski definition) is 5. The number of anilines is 1. The van der Waals surface area contributed by atoms with Crippen molar-refractivity contribution < 1.29 is 14.7 Å². The molecule has 5 rings (SSSR count). The smallest absolute Gasteiger partial charge is 0.274 e. The maximum atomic E-state index is 14.5. The molecule has 8 nitrogen and oxygen atoms in total. The second-order valence-corrected chi connectivity index (χ2v) is 14.1. The molecule has 0 bridgehead atoms. The highest BCUT2D eigenvalue weighted by molar-refractivity contribution is 6.42. The maximum absolute atomic E-state index is 14.5. The van der Waals surface area contributed by atoms with Crippen LogP contribution in [0.1, 0.15) is 82.8 Å². The molecule has 0 saturated heterocycles. The first-order valence-corrected chi connectivity index (χ1v) is 18.6. The molecule has 2 radical (unpaired) electrons. The van der Waals surface area contributed by atoms with Crippen molar-refractivity contribution in [2.75, 3.05) is 24.7 Å². The number of hydrogen-bond donors (Lipinski definition) is 2. The number of rotatable bonds is 14. The number of aliphatic hydroxyl groups is 1. The SMILES string of the molecule is CCCCN(CCCC)C(=O)c1cc(C)n(-c2ccc(N[Si]Cc3ccc(Cl)c(Cl)c3)cc2C(=O)N2Cc3ccccc3C[C@H]2CO)n1. The fourth-order valence-corrected chi connectivity index (χ4v) is 7.20. The van der Waals surface area contributed by atoms with Crippen molar-refractivity contribution >= 4 is 50.4 Å². The van der Waals surface area contributed by atoms with E-state index < -0.39 is 0 Å². The lowest BCUT2D eigenvalue weighted by Gasteiger charge is -2.36. The summed E-state index contributed by atoms with van der Waals surface area (Å²) in [6.07, 6.45) is 4.43. The first-order chi connectivity index (χ1) is 23.2. The average Bonchev–Trinajstić information content (AvgIpc) is 3.49. The molecule has 0 saturated carbocycles. The normalized spacial score (nSPS) is 14.1. The molecule has 0 fully saturated rings. The van der Waals surface area contributed by atoms with Gasteiger partial charge in [-0.3, -0.25) is 9.59 Å². The summed E-state index contributed by atoms with van der Waals surface area (Å²) in [6.45, 7) is 7.76. The van der Waals surface area contributed by atoms with E-state index >= 15 is 0 Å². The Hall–Kier alpha value is -3.63. The van der Waals surface area contributed by atoms with Gasteiger partial charge in [-0.2, -0.15) is 5.10 Å². The van der Waals surface area contributed by atoms with Crippen LogP contribution >= 0.6 is 23.2 Å². The van der Waals surface area contributed by atoms with Crippen LogP contribution in [0, 0.1) is 6.92 Å². The third kappa shape index (κ3) is 8.32. The molecule has 0 unspecified atom stereocenters. The van der Waals surface area contributed by atoms with Crippen molar-refractivity contribution in [3.8, 4) is 5.69 Å². The van der Waals surface area contributed by atoms with E-state index in [1.54, 1.807) is 21.7 Å². The third-order valence-corrected chi connectivity index (χ3v) is 10.5. The maximum Gasteiger partial charge on any atom is 0.274 e. The lowest BCUT2D eigenvalue weighted by Crippen LogP contribution is -2.46.